The smallest absolute Gasteiger partial charge is 0.274 e. The highest BCUT2D eigenvalue weighted by molar-refractivity contribution is 7.07. The molecule has 2 aromatic heterocycles. The standard InChI is InChI=1S/C17H22N4OS/c1-19-15-11-20(10-13-5-9-23-12-13)8-4-14(15)16(18-19)17(22)21-6-2-3-7-21/h5,9,12H,2-4,6-8,10-11H2,1H3. The third kappa shape index (κ3) is 2.81. The number of likely N-dealkylation sites (tertiary alicyclic amines) is 1. The number of hydrogen-bond donors (Lipinski definition) is 0. The summed E-state index contributed by atoms with van der Waals surface area (Å²) in [4.78, 5) is 17.1. The predicted molar refractivity (Wildman–Crippen MR) is 90.5 cm³/mol. The summed E-state index contributed by atoms with van der Waals surface area (Å²) in [5, 5.41) is 8.91. The molecular formula is C17H22N4OS. The van der Waals surface area contributed by atoms with Crippen molar-refractivity contribution in [3.05, 3.63) is 39.3 Å². The lowest BCUT2D eigenvalue weighted by molar-refractivity contribution is 0.0784. The van der Waals surface area contributed by atoms with E-state index in [2.05, 4.69) is 26.8 Å². The van der Waals surface area contributed by atoms with E-state index in [9.17, 15) is 4.79 Å². The average Bonchev–Trinajstić information content (AvgIpc) is 3.29. The van der Waals surface area contributed by atoms with E-state index >= 15 is 0 Å². The quantitative estimate of drug-likeness (QED) is 0.867. The molecule has 122 valence electrons. The maximum Gasteiger partial charge on any atom is 0.274 e. The van der Waals surface area contributed by atoms with Crippen molar-refractivity contribution in [3.8, 4) is 0 Å². The molecule has 1 saturated heterocycles. The minimum absolute atomic E-state index is 0.130. The number of thiophene rings is 1. The van der Waals surface area contributed by atoms with Crippen LogP contribution in [0, 0.1) is 0 Å². The fourth-order valence-electron chi connectivity index (χ4n) is 3.64. The van der Waals surface area contributed by atoms with Gasteiger partial charge in [-0.3, -0.25) is 14.4 Å². The maximum absolute atomic E-state index is 12.7. The number of amides is 1. The van der Waals surface area contributed by atoms with Gasteiger partial charge in [0.25, 0.3) is 5.91 Å². The highest BCUT2D eigenvalue weighted by atomic mass is 32.1. The number of carbonyl (C=O) groups excluding carboxylic acids is 1. The number of carbonyl (C=O) groups is 1. The van der Waals surface area contributed by atoms with E-state index in [0.29, 0.717) is 5.69 Å². The predicted octanol–water partition coefficient (Wildman–Crippen LogP) is 2.28. The summed E-state index contributed by atoms with van der Waals surface area (Å²) in [6, 6.07) is 2.19. The SMILES string of the molecule is Cn1nc(C(=O)N2CCCC2)c2c1CN(Cc1ccsc1)CC2. The zero-order valence-electron chi connectivity index (χ0n) is 13.5. The normalized spacial score (nSPS) is 18.4. The number of aromatic nitrogens is 2. The first kappa shape index (κ1) is 14.9. The molecule has 0 saturated carbocycles. The lowest BCUT2D eigenvalue weighted by atomic mass is 10.0. The summed E-state index contributed by atoms with van der Waals surface area (Å²) >= 11 is 1.74. The monoisotopic (exact) mass is 330 g/mol. The largest absolute Gasteiger partial charge is 0.337 e. The van der Waals surface area contributed by atoms with Crippen LogP contribution in [-0.4, -0.2) is 45.1 Å². The van der Waals surface area contributed by atoms with Gasteiger partial charge in [0.1, 0.15) is 0 Å². The Morgan fingerprint density at radius 3 is 2.87 bits per heavy atom. The molecular weight excluding hydrogens is 308 g/mol. The van der Waals surface area contributed by atoms with Crippen molar-refractivity contribution < 1.29 is 4.79 Å². The molecule has 2 aliphatic rings. The van der Waals surface area contributed by atoms with Crippen LogP contribution >= 0.6 is 11.3 Å². The molecule has 2 aliphatic heterocycles. The van der Waals surface area contributed by atoms with Crippen LogP contribution in [0.25, 0.3) is 0 Å². The van der Waals surface area contributed by atoms with Crippen LogP contribution in [0.3, 0.4) is 0 Å². The number of nitrogens with zero attached hydrogens (tertiary/aromatic N) is 4. The molecule has 0 atom stereocenters. The molecule has 4 rings (SSSR count). The number of aryl methyl sites for hydroxylation is 1. The molecule has 1 fully saturated rings. The average molecular weight is 330 g/mol. The summed E-state index contributed by atoms with van der Waals surface area (Å²) in [7, 11) is 1.97. The van der Waals surface area contributed by atoms with Crippen molar-refractivity contribution in [1.29, 1.82) is 0 Å². The Morgan fingerprint density at radius 2 is 2.13 bits per heavy atom. The first-order valence-electron chi connectivity index (χ1n) is 8.30. The van der Waals surface area contributed by atoms with Gasteiger partial charge in [0.05, 0.1) is 5.69 Å². The van der Waals surface area contributed by atoms with Crippen LogP contribution in [-0.2, 0) is 26.6 Å². The molecule has 0 bridgehead atoms. The number of hydrogen-bond acceptors (Lipinski definition) is 4. The van der Waals surface area contributed by atoms with Crippen molar-refractivity contribution >= 4 is 17.2 Å². The van der Waals surface area contributed by atoms with E-state index in [0.717, 1.165) is 52.0 Å². The molecule has 0 spiro atoms. The molecule has 2 aromatic rings. The molecule has 0 aromatic carbocycles. The van der Waals surface area contributed by atoms with E-state index in [1.165, 1.54) is 16.8 Å². The van der Waals surface area contributed by atoms with Gasteiger partial charge in [-0.05, 0) is 41.7 Å². The summed E-state index contributed by atoms with van der Waals surface area (Å²) in [5.41, 5.74) is 4.44. The summed E-state index contributed by atoms with van der Waals surface area (Å²) < 4.78 is 1.92. The van der Waals surface area contributed by atoms with Crippen LogP contribution in [0.15, 0.2) is 16.8 Å². The van der Waals surface area contributed by atoms with Crippen molar-refractivity contribution in [2.45, 2.75) is 32.4 Å². The molecule has 0 radical (unpaired) electrons. The van der Waals surface area contributed by atoms with E-state index in [1.54, 1.807) is 11.3 Å². The van der Waals surface area contributed by atoms with Gasteiger partial charge >= 0.3 is 0 Å². The third-order valence-corrected chi connectivity index (χ3v) is 5.64. The van der Waals surface area contributed by atoms with Crippen LogP contribution < -0.4 is 0 Å². The Morgan fingerprint density at radius 1 is 1.30 bits per heavy atom. The highest BCUT2D eigenvalue weighted by Crippen LogP contribution is 2.25. The van der Waals surface area contributed by atoms with E-state index < -0.39 is 0 Å². The molecule has 0 N–H and O–H groups in total. The van der Waals surface area contributed by atoms with Gasteiger partial charge in [-0.1, -0.05) is 0 Å². The summed E-state index contributed by atoms with van der Waals surface area (Å²) in [5.74, 6) is 0.130. The van der Waals surface area contributed by atoms with E-state index in [4.69, 9.17) is 0 Å². The summed E-state index contributed by atoms with van der Waals surface area (Å²) in [6.45, 7) is 4.61. The Balaban J connectivity index is 1.54. The van der Waals surface area contributed by atoms with Gasteiger partial charge in [-0.2, -0.15) is 16.4 Å². The van der Waals surface area contributed by atoms with Crippen molar-refractivity contribution in [3.63, 3.8) is 0 Å². The fraction of sp³-hybridized carbons (Fsp3) is 0.529. The minimum Gasteiger partial charge on any atom is -0.337 e. The second-order valence-electron chi connectivity index (χ2n) is 6.49. The highest BCUT2D eigenvalue weighted by Gasteiger charge is 2.30. The third-order valence-electron chi connectivity index (χ3n) is 4.91. The Labute approximate surface area is 140 Å². The second kappa shape index (κ2) is 6.09. The number of rotatable bonds is 3. The first-order valence-corrected chi connectivity index (χ1v) is 9.24. The molecule has 0 unspecified atom stereocenters. The molecule has 1 amide bonds. The minimum atomic E-state index is 0.130. The van der Waals surface area contributed by atoms with Gasteiger partial charge in [0, 0.05) is 45.3 Å². The van der Waals surface area contributed by atoms with E-state index in [1.807, 2.05) is 16.6 Å². The zero-order chi connectivity index (χ0) is 15.8. The van der Waals surface area contributed by atoms with Gasteiger partial charge in [-0.15, -0.1) is 0 Å². The molecule has 4 heterocycles. The van der Waals surface area contributed by atoms with Crippen LogP contribution in [0.4, 0.5) is 0 Å². The molecule has 0 aliphatic carbocycles. The Bertz CT molecular complexity index is 701. The second-order valence-corrected chi connectivity index (χ2v) is 7.27. The van der Waals surface area contributed by atoms with Crippen molar-refractivity contribution in [2.24, 2.45) is 7.05 Å². The molecule has 5 nitrogen and oxygen atoms in total. The van der Waals surface area contributed by atoms with Crippen LogP contribution in [0.2, 0.25) is 0 Å². The lowest BCUT2D eigenvalue weighted by Gasteiger charge is -2.27. The van der Waals surface area contributed by atoms with Crippen molar-refractivity contribution in [1.82, 2.24) is 19.6 Å². The maximum atomic E-state index is 12.7. The first-order chi connectivity index (χ1) is 11.2. The van der Waals surface area contributed by atoms with Crippen LogP contribution in [0.5, 0.6) is 0 Å². The fourth-order valence-corrected chi connectivity index (χ4v) is 4.30. The van der Waals surface area contributed by atoms with Crippen molar-refractivity contribution in [2.75, 3.05) is 19.6 Å². The van der Waals surface area contributed by atoms with Crippen LogP contribution in [0.1, 0.15) is 40.2 Å². The Hall–Kier alpha value is -1.66. The zero-order valence-corrected chi connectivity index (χ0v) is 14.3. The topological polar surface area (TPSA) is 41.4 Å². The Kier molecular flexibility index (Phi) is 3.95. The number of fused-ring (bicyclic) bond motifs is 1. The van der Waals surface area contributed by atoms with E-state index in [-0.39, 0.29) is 5.91 Å². The summed E-state index contributed by atoms with van der Waals surface area (Å²) in [6.07, 6.45) is 3.16. The van der Waals surface area contributed by atoms with Gasteiger partial charge in [0.15, 0.2) is 5.69 Å². The van der Waals surface area contributed by atoms with Gasteiger partial charge in [0.2, 0.25) is 0 Å². The molecule has 23 heavy (non-hydrogen) atoms. The lowest BCUT2D eigenvalue weighted by Crippen LogP contribution is -2.32. The molecule has 6 heteroatoms. The van der Waals surface area contributed by atoms with Gasteiger partial charge in [-0.25, -0.2) is 0 Å². The van der Waals surface area contributed by atoms with Gasteiger partial charge < -0.3 is 4.90 Å².